The molecule has 0 unspecified atom stereocenters. The summed E-state index contributed by atoms with van der Waals surface area (Å²) in [4.78, 5) is 6.85. The van der Waals surface area contributed by atoms with Crippen molar-refractivity contribution < 1.29 is 0 Å². The van der Waals surface area contributed by atoms with Crippen LogP contribution in [0, 0.1) is 11.8 Å². The second-order valence-electron chi connectivity index (χ2n) is 5.63. The maximum absolute atomic E-state index is 5.91. The number of piperidine rings is 1. The van der Waals surface area contributed by atoms with E-state index < -0.39 is 0 Å². The molecule has 5 heteroatoms. The van der Waals surface area contributed by atoms with Crippen molar-refractivity contribution >= 4 is 11.6 Å². The summed E-state index contributed by atoms with van der Waals surface area (Å²) in [5.41, 5.74) is 0. The lowest BCUT2D eigenvalue weighted by Gasteiger charge is -2.30. The van der Waals surface area contributed by atoms with Crippen LogP contribution >= 0.6 is 11.6 Å². The van der Waals surface area contributed by atoms with Gasteiger partial charge in [-0.3, -0.25) is 4.90 Å². The van der Waals surface area contributed by atoms with E-state index in [1.54, 1.807) is 6.33 Å². The van der Waals surface area contributed by atoms with E-state index in [-0.39, 0.29) is 0 Å². The average molecular weight is 271 g/mol. The summed E-state index contributed by atoms with van der Waals surface area (Å²) >= 11 is 5.91. The predicted molar refractivity (Wildman–Crippen MR) is 73.6 cm³/mol. The Morgan fingerprint density at radius 1 is 1.39 bits per heavy atom. The molecular formula is C13H23ClN4. The molecule has 0 saturated carbocycles. The molecule has 2 heterocycles. The fraction of sp³-hybridized carbons (Fsp3) is 0.846. The van der Waals surface area contributed by atoms with Crippen molar-refractivity contribution in [3.8, 4) is 0 Å². The van der Waals surface area contributed by atoms with Crippen LogP contribution in [0.3, 0.4) is 0 Å². The first-order chi connectivity index (χ1) is 8.69. The highest BCUT2D eigenvalue weighted by Crippen LogP contribution is 2.19. The van der Waals surface area contributed by atoms with E-state index in [0.717, 1.165) is 37.9 Å². The third kappa shape index (κ3) is 3.69. The number of likely N-dealkylation sites (tertiary alicyclic amines) is 1. The third-order valence-electron chi connectivity index (χ3n) is 3.52. The largest absolute Gasteiger partial charge is 0.296 e. The Kier molecular flexibility index (Phi) is 5.01. The lowest BCUT2D eigenvalue weighted by atomic mass is 9.99. The highest BCUT2D eigenvalue weighted by atomic mass is 35.5. The molecular weight excluding hydrogens is 248 g/mol. The minimum atomic E-state index is 0.604. The molecule has 0 radical (unpaired) electrons. The van der Waals surface area contributed by atoms with E-state index in [1.165, 1.54) is 12.8 Å². The van der Waals surface area contributed by atoms with Crippen molar-refractivity contribution in [3.63, 3.8) is 0 Å². The van der Waals surface area contributed by atoms with Gasteiger partial charge in [0.25, 0.3) is 0 Å². The summed E-state index contributed by atoms with van der Waals surface area (Å²) in [5.74, 6) is 3.20. The zero-order chi connectivity index (χ0) is 13.0. The number of nitrogens with zero attached hydrogens (tertiary/aromatic N) is 4. The van der Waals surface area contributed by atoms with Crippen LogP contribution < -0.4 is 0 Å². The molecule has 1 aliphatic heterocycles. The van der Waals surface area contributed by atoms with Gasteiger partial charge in [-0.1, -0.05) is 13.8 Å². The van der Waals surface area contributed by atoms with Gasteiger partial charge < -0.3 is 0 Å². The topological polar surface area (TPSA) is 34.0 Å². The van der Waals surface area contributed by atoms with Crippen molar-refractivity contribution in [2.75, 3.05) is 19.0 Å². The molecule has 18 heavy (non-hydrogen) atoms. The van der Waals surface area contributed by atoms with Gasteiger partial charge in [0.05, 0.1) is 6.54 Å². The van der Waals surface area contributed by atoms with Crippen LogP contribution in [0.2, 0.25) is 0 Å². The molecule has 4 nitrogen and oxygen atoms in total. The SMILES string of the molecule is CC(C)Cn1ncnc1CN1CCC(CCl)CC1. The highest BCUT2D eigenvalue weighted by Gasteiger charge is 2.20. The Morgan fingerprint density at radius 3 is 2.72 bits per heavy atom. The lowest BCUT2D eigenvalue weighted by Crippen LogP contribution is -2.34. The van der Waals surface area contributed by atoms with Crippen LogP contribution in [0.15, 0.2) is 6.33 Å². The minimum absolute atomic E-state index is 0.604. The predicted octanol–water partition coefficient (Wildman–Crippen LogP) is 2.38. The van der Waals surface area contributed by atoms with Gasteiger partial charge >= 0.3 is 0 Å². The smallest absolute Gasteiger partial charge is 0.141 e. The Balaban J connectivity index is 1.88. The van der Waals surface area contributed by atoms with Crippen LogP contribution in [0.1, 0.15) is 32.5 Å². The standard InChI is InChI=1S/C13H23ClN4/c1-11(2)8-18-13(15-10-16-18)9-17-5-3-12(7-14)4-6-17/h10-12H,3-9H2,1-2H3. The van der Waals surface area contributed by atoms with Crippen LogP contribution in [-0.4, -0.2) is 38.6 Å². The molecule has 1 aromatic rings. The summed E-state index contributed by atoms with van der Waals surface area (Å²) in [6.45, 7) is 8.54. The number of halogens is 1. The van der Waals surface area contributed by atoms with Gasteiger partial charge in [-0.15, -0.1) is 11.6 Å². The minimum Gasteiger partial charge on any atom is -0.296 e. The first-order valence-corrected chi connectivity index (χ1v) is 7.37. The molecule has 0 spiro atoms. The lowest BCUT2D eigenvalue weighted by molar-refractivity contribution is 0.179. The van der Waals surface area contributed by atoms with Gasteiger partial charge in [-0.05, 0) is 37.8 Å². The molecule has 0 aliphatic carbocycles. The number of rotatable bonds is 5. The fourth-order valence-corrected chi connectivity index (χ4v) is 2.72. The van der Waals surface area contributed by atoms with Crippen molar-refractivity contribution in [1.82, 2.24) is 19.7 Å². The van der Waals surface area contributed by atoms with Gasteiger partial charge in [0.1, 0.15) is 12.2 Å². The summed E-state index contributed by atoms with van der Waals surface area (Å²) in [7, 11) is 0. The Morgan fingerprint density at radius 2 is 2.11 bits per heavy atom. The molecule has 0 amide bonds. The van der Waals surface area contributed by atoms with E-state index in [2.05, 4.69) is 28.8 Å². The molecule has 0 atom stereocenters. The van der Waals surface area contributed by atoms with Crippen LogP contribution in [0.25, 0.3) is 0 Å². The summed E-state index contributed by atoms with van der Waals surface area (Å²) in [6, 6.07) is 0. The van der Waals surface area contributed by atoms with Crippen LogP contribution in [0.5, 0.6) is 0 Å². The molecule has 0 N–H and O–H groups in total. The van der Waals surface area contributed by atoms with Gasteiger partial charge in [0, 0.05) is 12.4 Å². The molecule has 102 valence electrons. The number of aromatic nitrogens is 3. The van der Waals surface area contributed by atoms with Gasteiger partial charge in [-0.25, -0.2) is 9.67 Å². The Bertz CT molecular complexity index is 356. The van der Waals surface area contributed by atoms with Crippen molar-refractivity contribution in [2.24, 2.45) is 11.8 Å². The van der Waals surface area contributed by atoms with E-state index in [1.807, 2.05) is 4.68 Å². The Labute approximate surface area is 114 Å². The number of hydrogen-bond donors (Lipinski definition) is 0. The second kappa shape index (κ2) is 6.53. The molecule has 0 aromatic carbocycles. The van der Waals surface area contributed by atoms with E-state index in [9.17, 15) is 0 Å². The van der Waals surface area contributed by atoms with Crippen molar-refractivity contribution in [2.45, 2.75) is 39.8 Å². The van der Waals surface area contributed by atoms with Crippen LogP contribution in [0.4, 0.5) is 0 Å². The van der Waals surface area contributed by atoms with Gasteiger partial charge in [0.2, 0.25) is 0 Å². The molecule has 2 rings (SSSR count). The molecule has 1 aliphatic rings. The summed E-state index contributed by atoms with van der Waals surface area (Å²) < 4.78 is 2.04. The third-order valence-corrected chi connectivity index (χ3v) is 3.96. The number of hydrogen-bond acceptors (Lipinski definition) is 3. The molecule has 1 aromatic heterocycles. The van der Waals surface area contributed by atoms with E-state index in [4.69, 9.17) is 11.6 Å². The molecule has 1 fully saturated rings. The van der Waals surface area contributed by atoms with E-state index >= 15 is 0 Å². The van der Waals surface area contributed by atoms with Gasteiger partial charge in [0.15, 0.2) is 0 Å². The Hall–Kier alpha value is -0.610. The van der Waals surface area contributed by atoms with Crippen molar-refractivity contribution in [1.29, 1.82) is 0 Å². The monoisotopic (exact) mass is 270 g/mol. The van der Waals surface area contributed by atoms with Crippen LogP contribution in [-0.2, 0) is 13.1 Å². The molecule has 1 saturated heterocycles. The van der Waals surface area contributed by atoms with E-state index in [0.29, 0.717) is 11.8 Å². The first kappa shape index (κ1) is 13.8. The number of alkyl halides is 1. The molecule has 0 bridgehead atoms. The average Bonchev–Trinajstić information content (AvgIpc) is 2.77. The summed E-state index contributed by atoms with van der Waals surface area (Å²) in [6.07, 6.45) is 4.09. The second-order valence-corrected chi connectivity index (χ2v) is 5.93. The maximum Gasteiger partial charge on any atom is 0.141 e. The summed E-state index contributed by atoms with van der Waals surface area (Å²) in [5, 5.41) is 4.31. The maximum atomic E-state index is 5.91. The van der Waals surface area contributed by atoms with Gasteiger partial charge in [-0.2, -0.15) is 5.10 Å². The highest BCUT2D eigenvalue weighted by molar-refractivity contribution is 6.18. The first-order valence-electron chi connectivity index (χ1n) is 6.84. The zero-order valence-corrected chi connectivity index (χ0v) is 12.1. The zero-order valence-electron chi connectivity index (χ0n) is 11.3. The van der Waals surface area contributed by atoms with Crippen molar-refractivity contribution in [3.05, 3.63) is 12.2 Å². The quantitative estimate of drug-likeness (QED) is 0.771. The fourth-order valence-electron chi connectivity index (χ4n) is 2.41. The normalized spacial score (nSPS) is 18.7.